The molecule has 0 aliphatic rings. The molecule has 0 heterocycles. The molecular formula is C24H21F3N2O2. The van der Waals surface area contributed by atoms with Crippen molar-refractivity contribution >= 4 is 11.8 Å². The van der Waals surface area contributed by atoms with Crippen LogP contribution in [0.1, 0.15) is 28.2 Å². The molecule has 0 aliphatic heterocycles. The van der Waals surface area contributed by atoms with E-state index in [1.54, 1.807) is 0 Å². The molecule has 0 saturated heterocycles. The Morgan fingerprint density at radius 3 is 1.71 bits per heavy atom. The molecule has 0 aliphatic carbocycles. The summed E-state index contributed by atoms with van der Waals surface area (Å²) >= 11 is 0. The van der Waals surface area contributed by atoms with Crippen molar-refractivity contribution in [2.45, 2.75) is 24.6 Å². The van der Waals surface area contributed by atoms with Crippen molar-refractivity contribution in [3.63, 3.8) is 0 Å². The lowest BCUT2D eigenvalue weighted by molar-refractivity contribution is -0.137. The Bertz CT molecular complexity index is 981. The quantitative estimate of drug-likeness (QED) is 0.598. The van der Waals surface area contributed by atoms with Gasteiger partial charge in [0.2, 0.25) is 11.8 Å². The van der Waals surface area contributed by atoms with Crippen LogP contribution < -0.4 is 11.1 Å². The number of hydrogen-bond donors (Lipinski definition) is 2. The van der Waals surface area contributed by atoms with Gasteiger partial charge >= 0.3 is 6.18 Å². The van der Waals surface area contributed by atoms with Crippen molar-refractivity contribution in [1.82, 2.24) is 5.32 Å². The predicted molar refractivity (Wildman–Crippen MR) is 111 cm³/mol. The first-order chi connectivity index (χ1) is 14.8. The Morgan fingerprint density at radius 1 is 0.806 bits per heavy atom. The molecule has 31 heavy (non-hydrogen) atoms. The van der Waals surface area contributed by atoms with E-state index in [1.165, 1.54) is 12.1 Å². The van der Waals surface area contributed by atoms with Crippen LogP contribution in [0.4, 0.5) is 13.2 Å². The highest BCUT2D eigenvalue weighted by molar-refractivity contribution is 5.88. The molecule has 1 atom stereocenters. The zero-order chi connectivity index (χ0) is 22.4. The minimum absolute atomic E-state index is 0.182. The second-order valence-corrected chi connectivity index (χ2v) is 7.12. The van der Waals surface area contributed by atoms with Gasteiger partial charge in [-0.1, -0.05) is 72.8 Å². The summed E-state index contributed by atoms with van der Waals surface area (Å²) in [6, 6.07) is 21.7. The SMILES string of the molecule is NC(=O)[C@H](NC(=O)Cc1ccc(C(F)(F)F)cc1)C(c1ccccc1)c1ccccc1. The maximum Gasteiger partial charge on any atom is 0.416 e. The van der Waals surface area contributed by atoms with E-state index < -0.39 is 35.5 Å². The van der Waals surface area contributed by atoms with E-state index in [0.29, 0.717) is 5.56 Å². The maximum absolute atomic E-state index is 12.7. The van der Waals surface area contributed by atoms with Crippen molar-refractivity contribution in [1.29, 1.82) is 0 Å². The Hall–Kier alpha value is -3.61. The zero-order valence-electron chi connectivity index (χ0n) is 16.5. The minimum Gasteiger partial charge on any atom is -0.368 e. The summed E-state index contributed by atoms with van der Waals surface area (Å²) in [5.41, 5.74) is 6.84. The molecule has 3 aromatic carbocycles. The largest absolute Gasteiger partial charge is 0.416 e. The lowest BCUT2D eigenvalue weighted by Gasteiger charge is -2.27. The fraction of sp³-hybridized carbons (Fsp3) is 0.167. The van der Waals surface area contributed by atoms with Gasteiger partial charge < -0.3 is 11.1 Å². The van der Waals surface area contributed by atoms with Crippen molar-refractivity contribution in [3.05, 3.63) is 107 Å². The summed E-state index contributed by atoms with van der Waals surface area (Å²) in [5.74, 6) is -1.74. The Morgan fingerprint density at radius 2 is 1.29 bits per heavy atom. The van der Waals surface area contributed by atoms with Crippen LogP contribution in [0.15, 0.2) is 84.9 Å². The van der Waals surface area contributed by atoms with Crippen LogP contribution >= 0.6 is 0 Å². The standard InChI is InChI=1S/C24H21F3N2O2/c25-24(26,27)19-13-11-16(12-14-19)15-20(30)29-22(23(28)31)21(17-7-3-1-4-8-17)18-9-5-2-6-10-18/h1-14,21-22H,15H2,(H2,28,31)(H,29,30)/t22-/m1/s1. The Kier molecular flexibility index (Phi) is 6.74. The van der Waals surface area contributed by atoms with Crippen molar-refractivity contribution < 1.29 is 22.8 Å². The van der Waals surface area contributed by atoms with Crippen LogP contribution in [0.25, 0.3) is 0 Å². The van der Waals surface area contributed by atoms with Gasteiger partial charge in [0.15, 0.2) is 0 Å². The van der Waals surface area contributed by atoms with Crippen LogP contribution in [0.3, 0.4) is 0 Å². The monoisotopic (exact) mass is 426 g/mol. The molecule has 0 saturated carbocycles. The molecule has 0 radical (unpaired) electrons. The summed E-state index contributed by atoms with van der Waals surface area (Å²) < 4.78 is 38.2. The first-order valence-electron chi connectivity index (χ1n) is 9.60. The van der Waals surface area contributed by atoms with Gasteiger partial charge in [0.25, 0.3) is 0 Å². The predicted octanol–water partition coefficient (Wildman–Crippen LogP) is 4.05. The Labute approximate surface area is 177 Å². The van der Waals surface area contributed by atoms with E-state index >= 15 is 0 Å². The summed E-state index contributed by atoms with van der Waals surface area (Å²) in [6.45, 7) is 0. The maximum atomic E-state index is 12.7. The third-order valence-corrected chi connectivity index (χ3v) is 4.92. The molecule has 4 nitrogen and oxygen atoms in total. The third kappa shape index (κ3) is 5.72. The average Bonchev–Trinajstić information content (AvgIpc) is 2.74. The lowest BCUT2D eigenvalue weighted by atomic mass is 9.84. The van der Waals surface area contributed by atoms with E-state index in [2.05, 4.69) is 5.32 Å². The molecule has 0 unspecified atom stereocenters. The summed E-state index contributed by atoms with van der Waals surface area (Å²) in [4.78, 5) is 24.9. The van der Waals surface area contributed by atoms with Crippen LogP contribution in [0.5, 0.6) is 0 Å². The topological polar surface area (TPSA) is 72.2 Å². The molecule has 0 bridgehead atoms. The zero-order valence-corrected chi connectivity index (χ0v) is 16.5. The number of amides is 2. The van der Waals surface area contributed by atoms with E-state index in [9.17, 15) is 22.8 Å². The molecule has 2 amide bonds. The number of primary amides is 1. The van der Waals surface area contributed by atoms with Crippen molar-refractivity contribution in [2.24, 2.45) is 5.73 Å². The molecule has 7 heteroatoms. The van der Waals surface area contributed by atoms with E-state index in [0.717, 1.165) is 23.3 Å². The lowest BCUT2D eigenvalue weighted by Crippen LogP contribution is -2.49. The van der Waals surface area contributed by atoms with Gasteiger partial charge in [0, 0.05) is 5.92 Å². The van der Waals surface area contributed by atoms with E-state index in [4.69, 9.17) is 5.73 Å². The number of nitrogens with two attached hydrogens (primary N) is 1. The molecule has 0 spiro atoms. The van der Waals surface area contributed by atoms with Gasteiger partial charge in [0.05, 0.1) is 12.0 Å². The normalized spacial score (nSPS) is 12.4. The fourth-order valence-electron chi connectivity index (χ4n) is 3.44. The first-order valence-corrected chi connectivity index (χ1v) is 9.60. The molecule has 0 aromatic heterocycles. The minimum atomic E-state index is -4.45. The molecule has 3 N–H and O–H groups in total. The second kappa shape index (κ2) is 9.47. The van der Waals surface area contributed by atoms with Gasteiger partial charge in [-0.2, -0.15) is 13.2 Å². The smallest absolute Gasteiger partial charge is 0.368 e. The molecule has 3 aromatic rings. The van der Waals surface area contributed by atoms with Gasteiger partial charge in [-0.05, 0) is 28.8 Å². The number of carbonyl (C=O) groups is 2. The summed E-state index contributed by atoms with van der Waals surface area (Å²) in [6.07, 6.45) is -4.63. The van der Waals surface area contributed by atoms with Gasteiger partial charge in [-0.25, -0.2) is 0 Å². The van der Waals surface area contributed by atoms with Crippen molar-refractivity contribution in [2.75, 3.05) is 0 Å². The van der Waals surface area contributed by atoms with Crippen LogP contribution in [-0.4, -0.2) is 17.9 Å². The molecular weight excluding hydrogens is 405 g/mol. The number of nitrogens with one attached hydrogen (secondary N) is 1. The number of carbonyl (C=O) groups excluding carboxylic acids is 2. The van der Waals surface area contributed by atoms with E-state index in [1.807, 2.05) is 60.7 Å². The number of halogens is 3. The highest BCUT2D eigenvalue weighted by Gasteiger charge is 2.32. The van der Waals surface area contributed by atoms with Crippen LogP contribution in [-0.2, 0) is 22.2 Å². The van der Waals surface area contributed by atoms with Gasteiger partial charge in [0.1, 0.15) is 6.04 Å². The average molecular weight is 426 g/mol. The van der Waals surface area contributed by atoms with Gasteiger partial charge in [-0.3, -0.25) is 9.59 Å². The van der Waals surface area contributed by atoms with Crippen LogP contribution in [0, 0.1) is 0 Å². The fourth-order valence-corrected chi connectivity index (χ4v) is 3.44. The molecule has 0 fully saturated rings. The number of rotatable bonds is 7. The second-order valence-electron chi connectivity index (χ2n) is 7.12. The van der Waals surface area contributed by atoms with Gasteiger partial charge in [-0.15, -0.1) is 0 Å². The van der Waals surface area contributed by atoms with Crippen molar-refractivity contribution in [3.8, 4) is 0 Å². The summed E-state index contributed by atoms with van der Waals surface area (Å²) in [7, 11) is 0. The van der Waals surface area contributed by atoms with Crippen LogP contribution in [0.2, 0.25) is 0 Å². The molecule has 160 valence electrons. The number of benzene rings is 3. The molecule has 3 rings (SSSR count). The summed E-state index contributed by atoms with van der Waals surface area (Å²) in [5, 5.41) is 2.67. The third-order valence-electron chi connectivity index (χ3n) is 4.92. The number of hydrogen-bond acceptors (Lipinski definition) is 2. The first kappa shape index (κ1) is 22.1. The Balaban J connectivity index is 1.83. The van der Waals surface area contributed by atoms with E-state index in [-0.39, 0.29) is 6.42 Å². The highest BCUT2D eigenvalue weighted by atomic mass is 19.4. The highest BCUT2D eigenvalue weighted by Crippen LogP contribution is 2.30. The number of alkyl halides is 3.